The fraction of sp³-hybridized carbons (Fsp3) is 0.933. The summed E-state index contributed by atoms with van der Waals surface area (Å²) in [6.07, 6.45) is 10.7. The van der Waals surface area contributed by atoms with E-state index in [-0.39, 0.29) is 11.9 Å². The van der Waals surface area contributed by atoms with Gasteiger partial charge in [-0.2, -0.15) is 11.8 Å². The molecule has 0 bridgehead atoms. The summed E-state index contributed by atoms with van der Waals surface area (Å²) in [5, 5.41) is 7.29. The number of nitrogens with one attached hydrogen (secondary N) is 2. The van der Waals surface area contributed by atoms with Gasteiger partial charge in [-0.1, -0.05) is 26.2 Å². The number of thioether (sulfide) groups is 1. The molecule has 4 heteroatoms. The number of carbonyl (C=O) groups is 1. The molecule has 0 aromatic rings. The molecule has 0 aromatic heterocycles. The third-order valence-corrected chi connectivity index (χ3v) is 5.01. The van der Waals surface area contributed by atoms with Crippen molar-refractivity contribution >= 4 is 17.7 Å². The first kappa shape index (κ1) is 16.8. The first-order valence-electron chi connectivity index (χ1n) is 7.74. The van der Waals surface area contributed by atoms with Crippen molar-refractivity contribution in [3.8, 4) is 0 Å². The van der Waals surface area contributed by atoms with Crippen molar-refractivity contribution in [3.63, 3.8) is 0 Å². The molecule has 1 amide bonds. The van der Waals surface area contributed by atoms with Gasteiger partial charge in [0.2, 0.25) is 5.91 Å². The molecule has 0 aromatic carbocycles. The molecule has 0 radical (unpaired) electrons. The van der Waals surface area contributed by atoms with Crippen LogP contribution in [0.5, 0.6) is 0 Å². The smallest absolute Gasteiger partial charge is 0.236 e. The van der Waals surface area contributed by atoms with E-state index in [1.165, 1.54) is 38.5 Å². The fourth-order valence-electron chi connectivity index (χ4n) is 2.68. The van der Waals surface area contributed by atoms with Gasteiger partial charge in [0, 0.05) is 17.8 Å². The van der Waals surface area contributed by atoms with Crippen LogP contribution in [0, 0.1) is 0 Å². The van der Waals surface area contributed by atoms with Crippen molar-refractivity contribution in [1.82, 2.24) is 10.6 Å². The lowest BCUT2D eigenvalue weighted by Crippen LogP contribution is -2.48. The fourth-order valence-corrected chi connectivity index (χ4v) is 3.51. The van der Waals surface area contributed by atoms with Gasteiger partial charge in [-0.25, -0.2) is 0 Å². The Morgan fingerprint density at radius 3 is 2.84 bits per heavy atom. The maximum atomic E-state index is 12.0. The summed E-state index contributed by atoms with van der Waals surface area (Å²) in [7, 11) is 0. The van der Waals surface area contributed by atoms with Crippen molar-refractivity contribution in [2.24, 2.45) is 0 Å². The first-order chi connectivity index (χ1) is 9.17. The van der Waals surface area contributed by atoms with E-state index in [2.05, 4.69) is 23.8 Å². The molecule has 0 aliphatic heterocycles. The Morgan fingerprint density at radius 2 is 2.16 bits per heavy atom. The van der Waals surface area contributed by atoms with Gasteiger partial charge in [-0.3, -0.25) is 4.79 Å². The lowest BCUT2D eigenvalue weighted by molar-refractivity contribution is -0.123. The second kappa shape index (κ2) is 9.65. The van der Waals surface area contributed by atoms with E-state index >= 15 is 0 Å². The molecule has 0 saturated heterocycles. The summed E-state index contributed by atoms with van der Waals surface area (Å²) >= 11 is 1.96. The van der Waals surface area contributed by atoms with Crippen molar-refractivity contribution in [3.05, 3.63) is 0 Å². The summed E-state index contributed by atoms with van der Waals surface area (Å²) in [6.45, 7) is 4.98. The summed E-state index contributed by atoms with van der Waals surface area (Å²) in [4.78, 5) is 12.0. The molecule has 0 heterocycles. The van der Waals surface area contributed by atoms with Gasteiger partial charge in [0.15, 0.2) is 0 Å². The minimum absolute atomic E-state index is 0.0627. The number of amides is 1. The van der Waals surface area contributed by atoms with Crippen LogP contribution in [0.25, 0.3) is 0 Å². The predicted octanol–water partition coefficient (Wildman–Crippen LogP) is 2.95. The molecule has 3 unspecified atom stereocenters. The van der Waals surface area contributed by atoms with Crippen LogP contribution in [-0.2, 0) is 4.79 Å². The van der Waals surface area contributed by atoms with Crippen molar-refractivity contribution in [2.75, 3.05) is 12.8 Å². The summed E-state index contributed by atoms with van der Waals surface area (Å²) in [6, 6.07) is 0.454. The van der Waals surface area contributed by atoms with E-state index in [0.29, 0.717) is 6.04 Å². The van der Waals surface area contributed by atoms with Gasteiger partial charge < -0.3 is 10.6 Å². The highest BCUT2D eigenvalue weighted by Crippen LogP contribution is 2.27. The van der Waals surface area contributed by atoms with Crippen molar-refractivity contribution in [1.29, 1.82) is 0 Å². The Hall–Kier alpha value is -0.220. The molecular formula is C15H30N2OS. The van der Waals surface area contributed by atoms with Crippen molar-refractivity contribution in [2.45, 2.75) is 76.1 Å². The van der Waals surface area contributed by atoms with E-state index < -0.39 is 0 Å². The molecular weight excluding hydrogens is 256 g/mol. The highest BCUT2D eigenvalue weighted by molar-refractivity contribution is 7.99. The first-order valence-corrected chi connectivity index (χ1v) is 9.02. The Labute approximate surface area is 122 Å². The van der Waals surface area contributed by atoms with E-state index in [4.69, 9.17) is 0 Å². The van der Waals surface area contributed by atoms with Crippen LogP contribution in [0.4, 0.5) is 0 Å². The van der Waals surface area contributed by atoms with E-state index in [1.54, 1.807) is 0 Å². The van der Waals surface area contributed by atoms with Crippen LogP contribution in [0.15, 0.2) is 0 Å². The topological polar surface area (TPSA) is 41.1 Å². The lowest BCUT2D eigenvalue weighted by Gasteiger charge is -2.30. The molecule has 3 atom stereocenters. The van der Waals surface area contributed by atoms with E-state index in [9.17, 15) is 4.79 Å². The highest BCUT2D eigenvalue weighted by Gasteiger charge is 2.24. The third-order valence-electron chi connectivity index (χ3n) is 3.92. The third kappa shape index (κ3) is 6.66. The normalized spacial score (nSPS) is 25.0. The molecule has 1 aliphatic rings. The van der Waals surface area contributed by atoms with Gasteiger partial charge in [-0.05, 0) is 38.9 Å². The van der Waals surface area contributed by atoms with Gasteiger partial charge >= 0.3 is 0 Å². The van der Waals surface area contributed by atoms with Crippen molar-refractivity contribution < 1.29 is 4.79 Å². The standard InChI is InChI=1S/C15H30N2OS/c1-4-5-6-10-16-15(18)12(2)17-13-8-7-9-14(11-13)19-3/h12-14,17H,4-11H2,1-3H3,(H,16,18). The number of rotatable bonds is 8. The van der Waals surface area contributed by atoms with E-state index in [0.717, 1.165) is 18.2 Å². The molecule has 3 nitrogen and oxygen atoms in total. The van der Waals surface area contributed by atoms with Gasteiger partial charge in [0.05, 0.1) is 6.04 Å². The van der Waals surface area contributed by atoms with Gasteiger partial charge in [0.1, 0.15) is 0 Å². The van der Waals surface area contributed by atoms with Crippen LogP contribution in [0.1, 0.15) is 58.8 Å². The Bertz CT molecular complexity index is 261. The Balaban J connectivity index is 2.21. The molecule has 112 valence electrons. The Kier molecular flexibility index (Phi) is 8.55. The summed E-state index contributed by atoms with van der Waals surface area (Å²) < 4.78 is 0. The monoisotopic (exact) mass is 286 g/mol. The zero-order chi connectivity index (χ0) is 14.1. The number of hydrogen-bond acceptors (Lipinski definition) is 3. The minimum atomic E-state index is -0.0627. The summed E-state index contributed by atoms with van der Waals surface area (Å²) in [5.41, 5.74) is 0. The molecule has 0 spiro atoms. The number of unbranched alkanes of at least 4 members (excludes halogenated alkanes) is 2. The Morgan fingerprint density at radius 1 is 1.37 bits per heavy atom. The zero-order valence-electron chi connectivity index (χ0n) is 12.7. The average molecular weight is 286 g/mol. The minimum Gasteiger partial charge on any atom is -0.355 e. The molecule has 1 rings (SSSR count). The average Bonchev–Trinajstić information content (AvgIpc) is 2.43. The number of carbonyl (C=O) groups excluding carboxylic acids is 1. The van der Waals surface area contributed by atoms with E-state index in [1.807, 2.05) is 18.7 Å². The van der Waals surface area contributed by atoms with Crippen LogP contribution < -0.4 is 10.6 Å². The lowest BCUT2D eigenvalue weighted by atomic mass is 9.94. The SMILES string of the molecule is CCCCCNC(=O)C(C)NC1CCCC(SC)C1. The van der Waals surface area contributed by atoms with Crippen LogP contribution in [0.2, 0.25) is 0 Å². The molecule has 1 fully saturated rings. The molecule has 1 saturated carbocycles. The molecule has 2 N–H and O–H groups in total. The second-order valence-corrected chi connectivity index (χ2v) is 6.75. The summed E-state index contributed by atoms with van der Waals surface area (Å²) in [5.74, 6) is 0.155. The van der Waals surface area contributed by atoms with Crippen LogP contribution in [0.3, 0.4) is 0 Å². The molecule has 19 heavy (non-hydrogen) atoms. The largest absolute Gasteiger partial charge is 0.355 e. The predicted molar refractivity (Wildman–Crippen MR) is 84.7 cm³/mol. The quantitative estimate of drug-likeness (QED) is 0.674. The molecule has 1 aliphatic carbocycles. The van der Waals surface area contributed by atoms with Crippen LogP contribution in [-0.4, -0.2) is 36.0 Å². The number of hydrogen-bond donors (Lipinski definition) is 2. The zero-order valence-corrected chi connectivity index (χ0v) is 13.5. The van der Waals surface area contributed by atoms with Gasteiger partial charge in [-0.15, -0.1) is 0 Å². The van der Waals surface area contributed by atoms with Crippen LogP contribution >= 0.6 is 11.8 Å². The highest BCUT2D eigenvalue weighted by atomic mass is 32.2. The maximum Gasteiger partial charge on any atom is 0.236 e. The maximum absolute atomic E-state index is 12.0. The van der Waals surface area contributed by atoms with Gasteiger partial charge in [0.25, 0.3) is 0 Å². The second-order valence-electron chi connectivity index (χ2n) is 5.61.